The number of fused-ring (bicyclic) bond motifs is 8. The molecule has 5 heterocycles. The van der Waals surface area contributed by atoms with Crippen LogP contribution < -0.4 is 24.8 Å². The minimum atomic E-state index is -1.50. The van der Waals surface area contributed by atoms with Crippen LogP contribution in [-0.4, -0.2) is 19.9 Å². The number of halogens is 5. The van der Waals surface area contributed by atoms with E-state index in [0.29, 0.717) is 17.0 Å². The van der Waals surface area contributed by atoms with E-state index in [-0.39, 0.29) is 47.4 Å². The van der Waals surface area contributed by atoms with Gasteiger partial charge in [0, 0.05) is 27.6 Å². The molecule has 10 heteroatoms. The Bertz CT molecular complexity index is 1650. The van der Waals surface area contributed by atoms with Gasteiger partial charge in [-0.3, -0.25) is 0 Å². The van der Waals surface area contributed by atoms with Crippen LogP contribution in [0.2, 0.25) is 0 Å². The van der Waals surface area contributed by atoms with E-state index in [0.717, 1.165) is 45.6 Å². The summed E-state index contributed by atoms with van der Waals surface area (Å²) >= 11 is 0. The molecule has 2 aliphatic rings. The molecule has 0 unspecified atom stereocenters. The molecule has 1 radical (unpaired) electrons. The molecule has 4 nitrogen and oxygen atoms in total. The van der Waals surface area contributed by atoms with E-state index in [1.54, 1.807) is 12.1 Å². The van der Waals surface area contributed by atoms with Crippen LogP contribution in [0, 0.1) is 17.5 Å². The topological polar surface area (TPSA) is 57.4 Å². The molecule has 0 saturated heterocycles. The van der Waals surface area contributed by atoms with Gasteiger partial charge in [0.05, 0.1) is 22.8 Å². The second kappa shape index (κ2) is 10.8. The summed E-state index contributed by atoms with van der Waals surface area (Å²) in [6.45, 7) is 0. The van der Waals surface area contributed by atoms with E-state index in [1.807, 2.05) is 54.6 Å². The van der Waals surface area contributed by atoms with Crippen molar-refractivity contribution in [2.45, 2.75) is 0 Å². The molecule has 0 saturated carbocycles. The predicted octanol–water partition coefficient (Wildman–Crippen LogP) is 0.497. The number of hydrogen-bond donors (Lipinski definition) is 2. The summed E-state index contributed by atoms with van der Waals surface area (Å²) < 4.78 is 41.4. The Kier molecular flexibility index (Phi) is 8.16. The number of aromatic amines is 2. The number of nitrogens with zero attached hydrogens (tertiary/aromatic N) is 2. The van der Waals surface area contributed by atoms with E-state index in [2.05, 4.69) is 19.9 Å². The summed E-state index contributed by atoms with van der Waals surface area (Å²) in [5, 5.41) is 0. The molecule has 2 N–H and O–H groups in total. The zero-order valence-corrected chi connectivity index (χ0v) is 20.9. The number of hydrogen-bond acceptors (Lipinski definition) is 2. The van der Waals surface area contributed by atoms with E-state index in [4.69, 9.17) is 0 Å². The number of rotatable bonds is 1. The second-order valence-corrected chi connectivity index (χ2v) is 7.84. The quantitative estimate of drug-likeness (QED) is 0.225. The van der Waals surface area contributed by atoms with Crippen molar-refractivity contribution in [1.82, 2.24) is 19.9 Å². The van der Waals surface area contributed by atoms with Crippen LogP contribution >= 0.6 is 0 Å². The molecule has 0 spiro atoms. The van der Waals surface area contributed by atoms with E-state index >= 15 is 0 Å². The number of nitrogens with one attached hydrogen (secondary N) is 2. The van der Waals surface area contributed by atoms with Crippen LogP contribution in [0.5, 0.6) is 0 Å². The molecule has 181 valence electrons. The van der Waals surface area contributed by atoms with Gasteiger partial charge in [0.15, 0.2) is 17.5 Å². The SMILES string of the molecule is Fc1cc(C2=Cc3cc4ccc(cc5nc(cc6ccc(cc2n3)[nH]6)C=C5)[nH]4)cc(F)c1F.[Cl-].[Cl-].[Mn+2]. The summed E-state index contributed by atoms with van der Waals surface area (Å²) in [6.07, 6.45) is 5.60. The molecule has 36 heavy (non-hydrogen) atoms. The van der Waals surface area contributed by atoms with Gasteiger partial charge in [0.25, 0.3) is 0 Å². The van der Waals surface area contributed by atoms with E-state index < -0.39 is 17.5 Å². The molecular formula is C26H15Cl2F3MnN4. The minimum absolute atomic E-state index is 0. The fraction of sp³-hybridized carbons (Fsp3) is 0. The molecule has 1 aromatic carbocycles. The minimum Gasteiger partial charge on any atom is -1.00 e. The molecule has 6 rings (SSSR count). The van der Waals surface area contributed by atoms with Gasteiger partial charge in [-0.15, -0.1) is 0 Å². The van der Waals surface area contributed by atoms with Crippen LogP contribution in [0.4, 0.5) is 13.2 Å². The first-order valence-corrected chi connectivity index (χ1v) is 10.2. The molecule has 0 amide bonds. The molecule has 3 aromatic heterocycles. The van der Waals surface area contributed by atoms with Gasteiger partial charge in [-0.2, -0.15) is 0 Å². The maximum atomic E-state index is 14.0. The van der Waals surface area contributed by atoms with Crippen LogP contribution in [-0.2, 0) is 17.1 Å². The van der Waals surface area contributed by atoms with E-state index in [9.17, 15) is 13.2 Å². The molecule has 0 fully saturated rings. The van der Waals surface area contributed by atoms with E-state index in [1.165, 1.54) is 0 Å². The third kappa shape index (κ3) is 5.27. The van der Waals surface area contributed by atoms with Gasteiger partial charge < -0.3 is 34.8 Å². The van der Waals surface area contributed by atoms with Crippen LogP contribution in [0.1, 0.15) is 28.3 Å². The van der Waals surface area contributed by atoms with Crippen molar-refractivity contribution in [1.29, 1.82) is 0 Å². The maximum Gasteiger partial charge on any atom is 2.00 e. The zero-order valence-electron chi connectivity index (χ0n) is 18.2. The molecule has 8 bridgehead atoms. The van der Waals surface area contributed by atoms with Crippen molar-refractivity contribution in [3.8, 4) is 0 Å². The maximum absolute atomic E-state index is 14.0. The van der Waals surface area contributed by atoms with Gasteiger partial charge in [-0.05, 0) is 84.5 Å². The average molecular weight is 566 g/mol. The van der Waals surface area contributed by atoms with Crippen molar-refractivity contribution in [2.24, 2.45) is 0 Å². The van der Waals surface area contributed by atoms with Crippen molar-refractivity contribution in [3.63, 3.8) is 0 Å². The predicted molar refractivity (Wildman–Crippen MR) is 123 cm³/mol. The summed E-state index contributed by atoms with van der Waals surface area (Å²) in [6, 6.07) is 17.1. The van der Waals surface area contributed by atoms with Crippen LogP contribution in [0.3, 0.4) is 0 Å². The Hall–Kier alpha value is -3.29. The first-order chi connectivity index (χ1) is 16.0. The Labute approximate surface area is 226 Å². The van der Waals surface area contributed by atoms with Crippen LogP contribution in [0.25, 0.3) is 45.9 Å². The van der Waals surface area contributed by atoms with Gasteiger partial charge in [-0.25, -0.2) is 23.1 Å². The number of benzene rings is 1. The largest absolute Gasteiger partial charge is 2.00 e. The molecular weight excluding hydrogens is 551 g/mol. The standard InChI is InChI=1S/C26H15F3N4.2ClH.Mn/c27-23-7-14(8-24(28)26(23)29)22-12-21-11-19-4-3-17(31-19)9-15-1-2-16(30-15)10-18-5-6-20(32-18)13-25(22)33-21;;;/h1-13,31-32H;2*1H;/q;;;+2/p-2. The van der Waals surface area contributed by atoms with Gasteiger partial charge in [-0.1, -0.05) is 0 Å². The Morgan fingerprint density at radius 2 is 1.06 bits per heavy atom. The summed E-state index contributed by atoms with van der Waals surface area (Å²) in [5.41, 5.74) is 6.71. The second-order valence-electron chi connectivity index (χ2n) is 7.84. The van der Waals surface area contributed by atoms with Gasteiger partial charge in [0.1, 0.15) is 0 Å². The van der Waals surface area contributed by atoms with Crippen LogP contribution in [0.15, 0.2) is 60.7 Å². The molecule has 4 aromatic rings. The zero-order chi connectivity index (χ0) is 22.5. The Morgan fingerprint density at radius 3 is 1.58 bits per heavy atom. The molecule has 2 aliphatic heterocycles. The van der Waals surface area contributed by atoms with Gasteiger partial charge in [0.2, 0.25) is 0 Å². The van der Waals surface area contributed by atoms with Crippen molar-refractivity contribution >= 4 is 45.9 Å². The number of aromatic nitrogens is 4. The third-order valence-corrected chi connectivity index (χ3v) is 5.46. The average Bonchev–Trinajstić information content (AvgIpc) is 3.56. The van der Waals surface area contributed by atoms with Crippen molar-refractivity contribution in [2.75, 3.05) is 0 Å². The van der Waals surface area contributed by atoms with Crippen molar-refractivity contribution in [3.05, 3.63) is 106 Å². The third-order valence-electron chi connectivity index (χ3n) is 5.46. The fourth-order valence-electron chi connectivity index (χ4n) is 3.96. The summed E-state index contributed by atoms with van der Waals surface area (Å²) in [4.78, 5) is 15.8. The smallest absolute Gasteiger partial charge is 1.00 e. The monoisotopic (exact) mass is 565 g/mol. The first kappa shape index (κ1) is 27.3. The van der Waals surface area contributed by atoms with Gasteiger partial charge >= 0.3 is 17.1 Å². The number of H-pyrrole nitrogens is 2. The Morgan fingerprint density at radius 1 is 0.583 bits per heavy atom. The first-order valence-electron chi connectivity index (χ1n) is 10.2. The summed E-state index contributed by atoms with van der Waals surface area (Å²) in [5.74, 6) is -3.99. The molecule has 0 atom stereocenters. The fourth-order valence-corrected chi connectivity index (χ4v) is 3.96. The Balaban J connectivity index is 0.00000120. The van der Waals surface area contributed by atoms with Crippen molar-refractivity contribution < 1.29 is 55.1 Å². The normalized spacial score (nSPS) is 11.7. The molecule has 0 aliphatic carbocycles. The summed E-state index contributed by atoms with van der Waals surface area (Å²) in [7, 11) is 0.